The van der Waals surface area contributed by atoms with Gasteiger partial charge in [0.15, 0.2) is 23.2 Å². The highest BCUT2D eigenvalue weighted by Crippen LogP contribution is 2.44. The number of esters is 4. The van der Waals surface area contributed by atoms with Crippen molar-refractivity contribution >= 4 is 45.4 Å². The molecular formula is C54H34F4O10. The molecule has 0 aromatic heterocycles. The summed E-state index contributed by atoms with van der Waals surface area (Å²) in [6, 6.07) is 28.2. The molecule has 0 amide bonds. The minimum atomic E-state index is -1.55. The van der Waals surface area contributed by atoms with E-state index >= 15 is 17.6 Å². The van der Waals surface area contributed by atoms with Crippen molar-refractivity contribution in [1.29, 1.82) is 0 Å². The molecule has 0 bridgehead atoms. The molecule has 0 fully saturated rings. The predicted molar refractivity (Wildman–Crippen MR) is 247 cm³/mol. The van der Waals surface area contributed by atoms with E-state index in [0.717, 1.165) is 78.0 Å². The number of hydrogen-bond acceptors (Lipinski definition) is 10. The average molecular weight is 919 g/mol. The Morgan fingerprint density at radius 3 is 1.26 bits per heavy atom. The van der Waals surface area contributed by atoms with Crippen molar-refractivity contribution in [3.05, 3.63) is 208 Å². The van der Waals surface area contributed by atoms with E-state index in [2.05, 4.69) is 31.1 Å². The van der Waals surface area contributed by atoms with E-state index in [1.54, 1.807) is 36.4 Å². The quantitative estimate of drug-likeness (QED) is 0.0231. The first-order valence-electron chi connectivity index (χ1n) is 20.0. The smallest absolute Gasteiger partial charge is 0.335 e. The minimum absolute atomic E-state index is 0.0251. The molecule has 0 unspecified atom stereocenters. The zero-order valence-corrected chi connectivity index (χ0v) is 35.4. The van der Waals surface area contributed by atoms with E-state index in [1.165, 1.54) is 24.5 Å². The van der Waals surface area contributed by atoms with Crippen LogP contribution in [0.25, 0.3) is 66.1 Å². The number of ether oxygens (including phenoxy) is 6. The summed E-state index contributed by atoms with van der Waals surface area (Å²) in [6.07, 6.45) is 7.67. The Balaban J connectivity index is 1.30. The standard InChI is InChI=1S/C54H34F4O10/c1-5-47(59)65-27-25-63-34-15-13-32(14-16-34)31-9-11-33(12-10-31)35-19-22-44(67-49(61)7-3)42-30-41-36(20-23-45(68-50(62)8-4)43(41)29-40(35)42)37-17-18-38(52(56)51(37)55)39-21-24-46(54(58)53(39)57)64-26-28-66-48(60)6-2/h5-30H,1-4H2/b27-25-,28-26-. The van der Waals surface area contributed by atoms with Gasteiger partial charge in [-0.05, 0) is 93.2 Å². The number of halogens is 4. The Labute approximate surface area is 385 Å². The third kappa shape index (κ3) is 9.99. The fourth-order valence-electron chi connectivity index (χ4n) is 6.95. The van der Waals surface area contributed by atoms with E-state index < -0.39 is 64.0 Å². The van der Waals surface area contributed by atoms with Crippen LogP contribution in [0.15, 0.2) is 185 Å². The fourth-order valence-corrected chi connectivity index (χ4v) is 6.95. The lowest BCUT2D eigenvalue weighted by Gasteiger charge is -2.17. The second-order valence-electron chi connectivity index (χ2n) is 14.1. The summed E-state index contributed by atoms with van der Waals surface area (Å²) >= 11 is 0. The highest BCUT2D eigenvalue weighted by atomic mass is 19.2. The predicted octanol–water partition coefficient (Wildman–Crippen LogP) is 12.6. The maximum Gasteiger partial charge on any atom is 0.335 e. The first-order valence-corrected chi connectivity index (χ1v) is 20.0. The maximum absolute atomic E-state index is 16.4. The van der Waals surface area contributed by atoms with Crippen LogP contribution >= 0.6 is 0 Å². The lowest BCUT2D eigenvalue weighted by molar-refractivity contribution is -0.133. The van der Waals surface area contributed by atoms with Gasteiger partial charge in [-0.3, -0.25) is 0 Å². The van der Waals surface area contributed by atoms with Gasteiger partial charge in [0.2, 0.25) is 5.82 Å². The van der Waals surface area contributed by atoms with Gasteiger partial charge in [-0.15, -0.1) is 0 Å². The van der Waals surface area contributed by atoms with Gasteiger partial charge in [0.05, 0.1) is 0 Å². The van der Waals surface area contributed by atoms with Crippen LogP contribution in [0, 0.1) is 23.3 Å². The molecule has 0 N–H and O–H groups in total. The summed E-state index contributed by atoms with van der Waals surface area (Å²) in [7, 11) is 0. The number of benzene rings is 7. The van der Waals surface area contributed by atoms with Crippen LogP contribution in [-0.2, 0) is 28.7 Å². The maximum atomic E-state index is 16.4. The monoisotopic (exact) mass is 918 g/mol. The molecule has 7 rings (SSSR count). The van der Waals surface area contributed by atoms with Crippen LogP contribution in [0.4, 0.5) is 17.6 Å². The first kappa shape index (κ1) is 46.7. The van der Waals surface area contributed by atoms with Gasteiger partial charge in [0.1, 0.15) is 42.3 Å². The summed E-state index contributed by atoms with van der Waals surface area (Å²) in [6.45, 7) is 13.5. The number of hydrogen-bond donors (Lipinski definition) is 0. The highest BCUT2D eigenvalue weighted by Gasteiger charge is 2.24. The molecule has 0 aliphatic heterocycles. The fraction of sp³-hybridized carbons (Fsp3) is 0. The SMILES string of the molecule is C=CC(=O)O/C=C\Oc1ccc(-c2ccc(-c3ccc(OC(=O)C=C)c4cc5c(-c6ccc(-c7ccc(O/C=C\OC(=O)C=C)c(F)c7F)c(F)c6F)ccc(OC(=O)C=C)c5cc34)cc2)cc1. The van der Waals surface area contributed by atoms with Crippen molar-refractivity contribution in [3.63, 3.8) is 0 Å². The van der Waals surface area contributed by atoms with E-state index in [9.17, 15) is 19.2 Å². The molecule has 338 valence electrons. The summed E-state index contributed by atoms with van der Waals surface area (Å²) in [5, 5.41) is 1.32. The van der Waals surface area contributed by atoms with Crippen molar-refractivity contribution in [2.45, 2.75) is 0 Å². The molecule has 10 nitrogen and oxygen atoms in total. The molecule has 0 saturated carbocycles. The molecule has 14 heteroatoms. The van der Waals surface area contributed by atoms with Crippen molar-refractivity contribution < 1.29 is 65.2 Å². The molecule has 0 aliphatic rings. The molecular weight excluding hydrogens is 885 g/mol. The first-order chi connectivity index (χ1) is 32.8. The van der Waals surface area contributed by atoms with Gasteiger partial charge in [0, 0.05) is 51.8 Å². The second-order valence-corrected chi connectivity index (χ2v) is 14.1. The third-order valence-corrected chi connectivity index (χ3v) is 10.1. The molecule has 0 spiro atoms. The molecule has 0 saturated heterocycles. The zero-order chi connectivity index (χ0) is 48.5. The van der Waals surface area contributed by atoms with Gasteiger partial charge >= 0.3 is 23.9 Å². The Hall–Kier alpha value is -9.30. The van der Waals surface area contributed by atoms with E-state index in [4.69, 9.17) is 23.7 Å². The molecule has 0 aliphatic carbocycles. The molecule has 0 heterocycles. The Morgan fingerprint density at radius 1 is 0.368 bits per heavy atom. The molecule has 7 aromatic carbocycles. The van der Waals surface area contributed by atoms with Crippen LogP contribution < -0.4 is 18.9 Å². The van der Waals surface area contributed by atoms with Crippen molar-refractivity contribution in [2.75, 3.05) is 0 Å². The summed E-state index contributed by atoms with van der Waals surface area (Å²) in [5.41, 5.74) is 1.60. The lowest BCUT2D eigenvalue weighted by atomic mass is 9.90. The van der Waals surface area contributed by atoms with E-state index in [0.29, 0.717) is 22.1 Å². The average Bonchev–Trinajstić information content (AvgIpc) is 3.36. The van der Waals surface area contributed by atoms with E-state index in [1.807, 2.05) is 36.4 Å². The van der Waals surface area contributed by atoms with Gasteiger partial charge in [-0.25, -0.2) is 32.3 Å². The van der Waals surface area contributed by atoms with Gasteiger partial charge in [-0.1, -0.05) is 80.9 Å². The number of carbonyl (C=O) groups excluding carboxylic acids is 4. The normalized spacial score (nSPS) is 11.0. The summed E-state index contributed by atoms with van der Waals surface area (Å²) in [5.74, 6) is -9.12. The van der Waals surface area contributed by atoms with Crippen molar-refractivity contribution in [3.8, 4) is 67.5 Å². The second kappa shape index (κ2) is 20.7. The number of fused-ring (bicyclic) bond motifs is 2. The van der Waals surface area contributed by atoms with Crippen LogP contribution in [0.3, 0.4) is 0 Å². The van der Waals surface area contributed by atoms with Crippen LogP contribution in [0.5, 0.6) is 23.0 Å². The molecule has 68 heavy (non-hydrogen) atoms. The van der Waals surface area contributed by atoms with Gasteiger partial charge < -0.3 is 28.4 Å². The lowest BCUT2D eigenvalue weighted by Crippen LogP contribution is -2.05. The number of rotatable bonds is 16. The van der Waals surface area contributed by atoms with Crippen molar-refractivity contribution in [1.82, 2.24) is 0 Å². The molecule has 7 aromatic rings. The zero-order valence-electron chi connectivity index (χ0n) is 35.4. The van der Waals surface area contributed by atoms with Crippen LogP contribution in [-0.4, -0.2) is 23.9 Å². The Bertz CT molecular complexity index is 3260. The van der Waals surface area contributed by atoms with Crippen LogP contribution in [0.2, 0.25) is 0 Å². The summed E-state index contributed by atoms with van der Waals surface area (Å²) < 4.78 is 94.2. The van der Waals surface area contributed by atoms with Crippen molar-refractivity contribution in [2.24, 2.45) is 0 Å². The summed E-state index contributed by atoms with van der Waals surface area (Å²) in [4.78, 5) is 47.7. The number of carbonyl (C=O) groups is 4. The molecule has 0 atom stereocenters. The van der Waals surface area contributed by atoms with Gasteiger partial charge in [-0.2, -0.15) is 4.39 Å². The highest BCUT2D eigenvalue weighted by molar-refractivity contribution is 6.13. The Morgan fingerprint density at radius 2 is 0.750 bits per heavy atom. The minimum Gasteiger partial charge on any atom is -0.462 e. The topological polar surface area (TPSA) is 124 Å². The van der Waals surface area contributed by atoms with E-state index in [-0.39, 0.29) is 33.4 Å². The largest absolute Gasteiger partial charge is 0.462 e. The Kier molecular flexibility index (Phi) is 14.2. The molecule has 0 radical (unpaired) electrons. The third-order valence-electron chi connectivity index (χ3n) is 10.1. The van der Waals surface area contributed by atoms with Crippen LogP contribution in [0.1, 0.15) is 0 Å². The van der Waals surface area contributed by atoms with Gasteiger partial charge in [0.25, 0.3) is 0 Å².